The number of likely N-dealkylation sites (N-methyl/N-ethyl adjacent to an activating group) is 1. The number of hydrogen-bond acceptors (Lipinski definition) is 6. The van der Waals surface area contributed by atoms with Crippen LogP contribution in [0.15, 0.2) is 12.1 Å². The predicted octanol–water partition coefficient (Wildman–Crippen LogP) is 1.14. The van der Waals surface area contributed by atoms with Crippen molar-refractivity contribution in [2.75, 3.05) is 34.0 Å². The maximum atomic E-state index is 11.2. The van der Waals surface area contributed by atoms with Crippen LogP contribution in [0.3, 0.4) is 0 Å². The van der Waals surface area contributed by atoms with Crippen molar-refractivity contribution in [3.63, 3.8) is 0 Å². The Bertz CT molecular complexity index is 492. The van der Waals surface area contributed by atoms with Crippen molar-refractivity contribution >= 4 is 5.69 Å². The molecule has 0 aliphatic carbocycles. The van der Waals surface area contributed by atoms with Crippen molar-refractivity contribution in [2.45, 2.75) is 12.5 Å². The topological polar surface area (TPSA) is 82.9 Å². The van der Waals surface area contributed by atoms with E-state index in [0.717, 1.165) is 0 Å². The molecule has 110 valence electrons. The van der Waals surface area contributed by atoms with E-state index in [1.54, 1.807) is 20.2 Å². The Morgan fingerprint density at radius 1 is 1.40 bits per heavy atom. The van der Waals surface area contributed by atoms with E-state index in [9.17, 15) is 10.1 Å². The van der Waals surface area contributed by atoms with Gasteiger partial charge in [-0.05, 0) is 19.5 Å². The van der Waals surface area contributed by atoms with E-state index in [1.807, 2.05) is 0 Å². The zero-order valence-corrected chi connectivity index (χ0v) is 11.5. The molecule has 20 heavy (non-hydrogen) atoms. The van der Waals surface area contributed by atoms with Crippen LogP contribution in [-0.2, 0) is 11.2 Å². The van der Waals surface area contributed by atoms with E-state index in [2.05, 4.69) is 5.32 Å². The van der Waals surface area contributed by atoms with Crippen LogP contribution in [-0.4, -0.2) is 44.9 Å². The number of hydrogen-bond donors (Lipinski definition) is 1. The number of nitro benzene ring substituents is 1. The van der Waals surface area contributed by atoms with Crippen molar-refractivity contribution in [3.8, 4) is 11.5 Å². The first kappa shape index (κ1) is 14.5. The third-order valence-electron chi connectivity index (χ3n) is 3.18. The lowest BCUT2D eigenvalue weighted by Crippen LogP contribution is -2.32. The number of nitrogens with zero attached hydrogens (tertiary/aromatic N) is 1. The van der Waals surface area contributed by atoms with Gasteiger partial charge >= 0.3 is 0 Å². The third-order valence-corrected chi connectivity index (χ3v) is 3.18. The van der Waals surface area contributed by atoms with Gasteiger partial charge in [0, 0.05) is 18.7 Å². The number of methoxy groups -OCH3 is 1. The van der Waals surface area contributed by atoms with Gasteiger partial charge < -0.3 is 19.5 Å². The molecule has 0 fully saturated rings. The fourth-order valence-corrected chi connectivity index (χ4v) is 2.16. The molecule has 1 atom stereocenters. The molecular formula is C13H18N2O5. The lowest BCUT2D eigenvalue weighted by molar-refractivity contribution is -0.385. The van der Waals surface area contributed by atoms with Crippen LogP contribution in [0.5, 0.6) is 11.5 Å². The van der Waals surface area contributed by atoms with Crippen LogP contribution in [0, 0.1) is 10.1 Å². The van der Waals surface area contributed by atoms with Gasteiger partial charge in [-0.15, -0.1) is 0 Å². The highest BCUT2D eigenvalue weighted by Gasteiger charge is 2.23. The predicted molar refractivity (Wildman–Crippen MR) is 72.5 cm³/mol. The molecule has 1 aliphatic rings. The van der Waals surface area contributed by atoms with Gasteiger partial charge in [-0.25, -0.2) is 0 Å². The van der Waals surface area contributed by atoms with Crippen LogP contribution < -0.4 is 14.8 Å². The molecule has 1 aromatic carbocycles. The summed E-state index contributed by atoms with van der Waals surface area (Å²) in [5.74, 6) is 0.989. The number of rotatable bonds is 6. The maximum absolute atomic E-state index is 11.2. The number of nitro groups is 1. The summed E-state index contributed by atoms with van der Waals surface area (Å²) in [6, 6.07) is 3.12. The molecule has 7 heteroatoms. The van der Waals surface area contributed by atoms with Crippen LogP contribution >= 0.6 is 0 Å². The minimum atomic E-state index is -0.396. The molecule has 1 N–H and O–H groups in total. The molecule has 1 aliphatic heterocycles. The smallest absolute Gasteiger partial charge is 0.276 e. The quantitative estimate of drug-likeness (QED) is 0.622. The van der Waals surface area contributed by atoms with Crippen molar-refractivity contribution in [2.24, 2.45) is 0 Å². The van der Waals surface area contributed by atoms with Crippen LogP contribution in [0.4, 0.5) is 5.69 Å². The fourth-order valence-electron chi connectivity index (χ4n) is 2.16. The van der Waals surface area contributed by atoms with Gasteiger partial charge in [-0.2, -0.15) is 0 Å². The highest BCUT2D eigenvalue weighted by atomic mass is 16.6. The molecule has 0 saturated carbocycles. The lowest BCUT2D eigenvalue weighted by Gasteiger charge is -2.20. The third kappa shape index (κ3) is 3.17. The van der Waals surface area contributed by atoms with E-state index in [1.165, 1.54) is 6.07 Å². The Labute approximate surface area is 117 Å². The average Bonchev–Trinajstić information content (AvgIpc) is 2.45. The van der Waals surface area contributed by atoms with Gasteiger partial charge in [0.25, 0.3) is 5.69 Å². The minimum absolute atomic E-state index is 0.00117. The normalized spacial score (nSPS) is 14.9. The Morgan fingerprint density at radius 3 is 2.60 bits per heavy atom. The van der Waals surface area contributed by atoms with Gasteiger partial charge in [0.1, 0.15) is 13.2 Å². The molecule has 2 rings (SSSR count). The molecule has 1 unspecified atom stereocenters. The molecule has 0 amide bonds. The Hall–Kier alpha value is -1.86. The van der Waals surface area contributed by atoms with Crippen LogP contribution in [0.2, 0.25) is 0 Å². The molecule has 1 heterocycles. The van der Waals surface area contributed by atoms with Crippen molar-refractivity contribution < 1.29 is 19.1 Å². The summed E-state index contributed by atoms with van der Waals surface area (Å²) in [5, 5.41) is 14.3. The lowest BCUT2D eigenvalue weighted by atomic mass is 10.0. The van der Waals surface area contributed by atoms with Gasteiger partial charge in [0.15, 0.2) is 11.5 Å². The highest BCUT2D eigenvalue weighted by molar-refractivity contribution is 5.55. The second-order valence-electron chi connectivity index (χ2n) is 4.53. The van der Waals surface area contributed by atoms with E-state index in [-0.39, 0.29) is 11.7 Å². The number of ether oxygens (including phenoxy) is 3. The number of benzene rings is 1. The molecule has 0 bridgehead atoms. The maximum Gasteiger partial charge on any atom is 0.276 e. The van der Waals surface area contributed by atoms with E-state index in [4.69, 9.17) is 14.2 Å². The fraction of sp³-hybridized carbons (Fsp3) is 0.538. The van der Waals surface area contributed by atoms with Gasteiger partial charge in [-0.1, -0.05) is 0 Å². The first-order chi connectivity index (χ1) is 9.65. The van der Waals surface area contributed by atoms with E-state index < -0.39 is 4.92 Å². The molecule has 0 saturated heterocycles. The van der Waals surface area contributed by atoms with E-state index >= 15 is 0 Å². The first-order valence-corrected chi connectivity index (χ1v) is 6.38. The summed E-state index contributed by atoms with van der Waals surface area (Å²) in [7, 11) is 3.40. The second-order valence-corrected chi connectivity index (χ2v) is 4.53. The van der Waals surface area contributed by atoms with Gasteiger partial charge in [-0.3, -0.25) is 10.1 Å². The minimum Gasteiger partial charge on any atom is -0.486 e. The van der Waals surface area contributed by atoms with E-state index in [0.29, 0.717) is 43.3 Å². The Kier molecular flexibility index (Phi) is 4.75. The largest absolute Gasteiger partial charge is 0.486 e. The average molecular weight is 282 g/mol. The van der Waals surface area contributed by atoms with Crippen molar-refractivity contribution in [1.29, 1.82) is 0 Å². The summed E-state index contributed by atoms with van der Waals surface area (Å²) in [5.41, 5.74) is 0.654. The number of nitrogens with one attached hydrogen (secondary N) is 1. The zero-order valence-electron chi connectivity index (χ0n) is 11.5. The summed E-state index contributed by atoms with van der Waals surface area (Å²) in [6.45, 7) is 1.34. The van der Waals surface area contributed by atoms with Crippen molar-refractivity contribution in [3.05, 3.63) is 27.8 Å². The molecule has 0 spiro atoms. The Morgan fingerprint density at radius 2 is 2.05 bits per heavy atom. The highest BCUT2D eigenvalue weighted by Crippen LogP contribution is 2.37. The van der Waals surface area contributed by atoms with Gasteiger partial charge in [0.05, 0.1) is 17.6 Å². The SMILES string of the molecule is CNC(COC)Cc1cc2c(cc1[N+](=O)[O-])OCCO2. The summed E-state index contributed by atoms with van der Waals surface area (Å²) in [6.07, 6.45) is 0.483. The summed E-state index contributed by atoms with van der Waals surface area (Å²) in [4.78, 5) is 10.8. The summed E-state index contributed by atoms with van der Waals surface area (Å²) >= 11 is 0. The molecule has 0 radical (unpaired) electrons. The monoisotopic (exact) mass is 282 g/mol. The van der Waals surface area contributed by atoms with Crippen molar-refractivity contribution in [1.82, 2.24) is 5.32 Å². The molecular weight excluding hydrogens is 264 g/mol. The first-order valence-electron chi connectivity index (χ1n) is 6.38. The molecule has 0 aromatic heterocycles. The summed E-state index contributed by atoms with van der Waals surface area (Å²) < 4.78 is 15.9. The van der Waals surface area contributed by atoms with Crippen LogP contribution in [0.1, 0.15) is 5.56 Å². The standard InChI is InChI=1S/C13H18N2O5/c1-14-10(8-18-2)5-9-6-12-13(20-4-3-19-12)7-11(9)15(16)17/h6-7,10,14H,3-5,8H2,1-2H3. The molecule has 7 nitrogen and oxygen atoms in total. The number of fused-ring (bicyclic) bond motifs is 1. The Balaban J connectivity index is 2.31. The zero-order chi connectivity index (χ0) is 14.5. The second kappa shape index (κ2) is 6.53. The van der Waals surface area contributed by atoms with Gasteiger partial charge in [0.2, 0.25) is 0 Å². The molecule has 1 aromatic rings. The van der Waals surface area contributed by atoms with Crippen LogP contribution in [0.25, 0.3) is 0 Å².